The predicted octanol–water partition coefficient (Wildman–Crippen LogP) is 6.67. The summed E-state index contributed by atoms with van der Waals surface area (Å²) in [7, 11) is -3.66. The average Bonchev–Trinajstić information content (AvgIpc) is 3.53. The molecule has 13 nitrogen and oxygen atoms in total. The summed E-state index contributed by atoms with van der Waals surface area (Å²) in [4.78, 5) is 25.6. The van der Waals surface area contributed by atoms with Crippen molar-refractivity contribution in [2.75, 3.05) is 45.0 Å². The minimum atomic E-state index is -3.66. The first-order valence-electron chi connectivity index (χ1n) is 15.4. The average molecular weight is 682 g/mol. The van der Waals surface area contributed by atoms with Crippen molar-refractivity contribution in [3.8, 4) is 11.3 Å². The first-order valence-corrected chi connectivity index (χ1v) is 17.2. The number of benzene rings is 1. The van der Waals surface area contributed by atoms with Crippen LogP contribution in [0.4, 0.5) is 5.95 Å². The molecule has 0 saturated heterocycles. The van der Waals surface area contributed by atoms with Gasteiger partial charge in [-0.1, -0.05) is 30.7 Å². The molecule has 2 aromatic heterocycles. The number of aryl methyl sites for hydroxylation is 1. The summed E-state index contributed by atoms with van der Waals surface area (Å²) in [5, 5.41) is 6.78. The van der Waals surface area contributed by atoms with Gasteiger partial charge in [-0.2, -0.15) is 0 Å². The fraction of sp³-hybridized carbons (Fsp3) is 0.516. The highest BCUT2D eigenvalue weighted by atomic mass is 35.5. The molecule has 0 aliphatic heterocycles. The summed E-state index contributed by atoms with van der Waals surface area (Å²) in [6.07, 6.45) is 4.03. The molecule has 2 atom stereocenters. The van der Waals surface area contributed by atoms with E-state index in [0.717, 1.165) is 11.1 Å². The molecule has 0 fully saturated rings. The lowest BCUT2D eigenvalue weighted by molar-refractivity contribution is -0.286. The summed E-state index contributed by atoms with van der Waals surface area (Å²) in [6, 6.07) is 8.09. The number of hydrogen-bond donors (Lipinski definition) is 3. The molecule has 0 unspecified atom stereocenters. The van der Waals surface area contributed by atoms with Crippen molar-refractivity contribution in [2.45, 2.75) is 66.5 Å². The monoisotopic (exact) mass is 681 g/mol. The van der Waals surface area contributed by atoms with Gasteiger partial charge in [0.25, 0.3) is 12.4 Å². The minimum absolute atomic E-state index is 0.0578. The van der Waals surface area contributed by atoms with E-state index in [4.69, 9.17) is 44.4 Å². The molecule has 3 rings (SSSR count). The molecule has 0 aliphatic rings. The van der Waals surface area contributed by atoms with E-state index >= 15 is 0 Å². The van der Waals surface area contributed by atoms with Crippen LogP contribution in [0, 0.1) is 6.92 Å². The van der Waals surface area contributed by atoms with Gasteiger partial charge < -0.3 is 29.8 Å². The number of hydrogen-bond acceptors (Lipinski definition) is 11. The van der Waals surface area contributed by atoms with Crippen molar-refractivity contribution < 1.29 is 37.1 Å². The smallest absolute Gasteiger partial charge is 0.357 e. The van der Waals surface area contributed by atoms with Crippen LogP contribution in [0.25, 0.3) is 11.3 Å². The molecule has 0 saturated carbocycles. The van der Waals surface area contributed by atoms with E-state index in [2.05, 4.69) is 20.6 Å². The summed E-state index contributed by atoms with van der Waals surface area (Å²) in [6.45, 7) is 11.4. The maximum atomic E-state index is 13.4. The molecule has 0 bridgehead atoms. The lowest BCUT2D eigenvalue weighted by Crippen LogP contribution is -2.34. The highest BCUT2D eigenvalue weighted by molar-refractivity contribution is 7.48. The van der Waals surface area contributed by atoms with Gasteiger partial charge in [0.05, 0.1) is 44.2 Å². The molecule has 46 heavy (non-hydrogen) atoms. The number of halogens is 1. The molecule has 3 N–H and O–H groups in total. The van der Waals surface area contributed by atoms with E-state index < -0.39 is 20.3 Å². The van der Waals surface area contributed by atoms with Gasteiger partial charge in [0.1, 0.15) is 5.69 Å². The second-order valence-electron chi connectivity index (χ2n) is 9.97. The number of amides is 1. The van der Waals surface area contributed by atoms with Crippen molar-refractivity contribution in [2.24, 2.45) is 0 Å². The highest BCUT2D eigenvalue weighted by Crippen LogP contribution is 2.49. The number of rotatable bonds is 21. The number of nitrogens with one attached hydrogen (secondary N) is 3. The first-order chi connectivity index (χ1) is 22.1. The molecule has 254 valence electrons. The fourth-order valence-electron chi connectivity index (χ4n) is 4.29. The Kier molecular flexibility index (Phi) is 15.6. The third kappa shape index (κ3) is 11.4. The van der Waals surface area contributed by atoms with Crippen molar-refractivity contribution in [3.05, 3.63) is 64.6 Å². The largest absolute Gasteiger partial charge is 0.474 e. The number of carbonyl (C=O) groups is 1. The van der Waals surface area contributed by atoms with Crippen LogP contribution in [0.5, 0.6) is 0 Å². The van der Waals surface area contributed by atoms with Gasteiger partial charge in [-0.3, -0.25) is 18.4 Å². The van der Waals surface area contributed by atoms with E-state index in [-0.39, 0.29) is 38.4 Å². The lowest BCUT2D eigenvalue weighted by Gasteiger charge is -2.23. The quantitative estimate of drug-likeness (QED) is 0.0816. The molecule has 0 radical (unpaired) electrons. The van der Waals surface area contributed by atoms with Crippen LogP contribution in [0.1, 0.15) is 68.7 Å². The van der Waals surface area contributed by atoms with Gasteiger partial charge in [-0.15, -0.1) is 0 Å². The molecule has 2 heterocycles. The van der Waals surface area contributed by atoms with Crippen LogP contribution in [-0.2, 0) is 32.3 Å². The summed E-state index contributed by atoms with van der Waals surface area (Å²) in [5.74, 6) is -0.00676. The summed E-state index contributed by atoms with van der Waals surface area (Å²) in [5.41, 5.74) is 3.21. The predicted molar refractivity (Wildman–Crippen MR) is 176 cm³/mol. The highest BCUT2D eigenvalue weighted by Gasteiger charge is 2.27. The Bertz CT molecular complexity index is 1410. The standard InChI is InChI=1S/C31H45ClN5O8P/c1-7-25(19-45-46(39,43-10-4)44-11-5)35-30-34-17-21(6)28(37-30)23-16-26(33-18-23)29(38)36-27(22-13-12-14-24(32)15-22)20-42-31(40-8-2)41-9-3/h12-18,25,27,31,33H,7-11,19-20H2,1-6H3,(H,36,38)(H,34,35,37)/t25-,27-/m1/s1. The molecule has 0 aliphatic carbocycles. The van der Waals surface area contributed by atoms with Crippen LogP contribution in [0.3, 0.4) is 0 Å². The first kappa shape index (κ1) is 37.6. The Balaban J connectivity index is 1.75. The van der Waals surface area contributed by atoms with Gasteiger partial charge in [0.2, 0.25) is 5.95 Å². The molecule has 15 heteroatoms. The number of aromatic nitrogens is 3. The van der Waals surface area contributed by atoms with E-state index in [1.165, 1.54) is 0 Å². The van der Waals surface area contributed by atoms with Crippen LogP contribution in [0.15, 0.2) is 42.7 Å². The van der Waals surface area contributed by atoms with E-state index in [1.807, 2.05) is 33.8 Å². The lowest BCUT2D eigenvalue weighted by atomic mass is 10.1. The maximum Gasteiger partial charge on any atom is 0.474 e. The van der Waals surface area contributed by atoms with Gasteiger partial charge >= 0.3 is 7.82 Å². The minimum Gasteiger partial charge on any atom is -0.357 e. The SMILES string of the molecule is CCOC(OCC)OC[C@@H](NC(=O)c1cc(-c2nc(N[C@H](CC)COP(=O)(OCC)OCC)ncc2C)c[nH]1)c1cccc(Cl)c1. The second-order valence-corrected chi connectivity index (χ2v) is 12.1. The molecular formula is C31H45ClN5O8P. The third-order valence-electron chi connectivity index (χ3n) is 6.57. The van der Waals surface area contributed by atoms with E-state index in [1.54, 1.807) is 50.5 Å². The Morgan fingerprint density at radius 1 is 0.978 bits per heavy atom. The Morgan fingerprint density at radius 2 is 1.70 bits per heavy atom. The zero-order chi connectivity index (χ0) is 33.5. The van der Waals surface area contributed by atoms with E-state index in [0.29, 0.717) is 47.6 Å². The van der Waals surface area contributed by atoms with Crippen molar-refractivity contribution in [3.63, 3.8) is 0 Å². The maximum absolute atomic E-state index is 13.4. The zero-order valence-corrected chi connectivity index (χ0v) is 28.9. The number of anilines is 1. The number of phosphoric acid groups is 1. The third-order valence-corrected chi connectivity index (χ3v) is 8.42. The number of carbonyl (C=O) groups excluding carboxylic acids is 1. The fourth-order valence-corrected chi connectivity index (χ4v) is 5.71. The van der Waals surface area contributed by atoms with Gasteiger partial charge in [-0.25, -0.2) is 14.5 Å². The van der Waals surface area contributed by atoms with Crippen molar-refractivity contribution >= 4 is 31.3 Å². The van der Waals surface area contributed by atoms with Gasteiger partial charge in [-0.05, 0) is 70.4 Å². The Hall–Kier alpha value is -2.87. The van der Waals surface area contributed by atoms with E-state index in [9.17, 15) is 9.36 Å². The Labute approximate surface area is 275 Å². The normalized spacial score (nSPS) is 13.1. The topological polar surface area (TPSA) is 155 Å². The molecule has 1 aromatic carbocycles. The van der Waals surface area contributed by atoms with Crippen LogP contribution >= 0.6 is 19.4 Å². The molecule has 3 aromatic rings. The van der Waals surface area contributed by atoms with Gasteiger partial charge in [0, 0.05) is 36.2 Å². The molecule has 1 amide bonds. The van der Waals surface area contributed by atoms with Crippen LogP contribution in [0.2, 0.25) is 5.02 Å². The van der Waals surface area contributed by atoms with Crippen LogP contribution in [-0.4, -0.2) is 73.0 Å². The number of nitrogens with zero attached hydrogens (tertiary/aromatic N) is 2. The molecular weight excluding hydrogens is 637 g/mol. The summed E-state index contributed by atoms with van der Waals surface area (Å²) >= 11 is 6.25. The number of ether oxygens (including phenoxy) is 3. The van der Waals surface area contributed by atoms with Crippen molar-refractivity contribution in [1.29, 1.82) is 0 Å². The van der Waals surface area contributed by atoms with Crippen LogP contribution < -0.4 is 10.6 Å². The number of H-pyrrole nitrogens is 1. The van der Waals surface area contributed by atoms with Crippen molar-refractivity contribution in [1.82, 2.24) is 20.3 Å². The Morgan fingerprint density at radius 3 is 2.33 bits per heavy atom. The zero-order valence-electron chi connectivity index (χ0n) is 27.2. The number of phosphoric ester groups is 1. The molecule has 0 spiro atoms. The second kappa shape index (κ2) is 19.1. The summed E-state index contributed by atoms with van der Waals surface area (Å²) < 4.78 is 45.5. The number of aromatic amines is 1. The van der Waals surface area contributed by atoms with Gasteiger partial charge in [0.15, 0.2) is 0 Å².